The molecule has 6 heteroatoms. The molecule has 1 heterocycles. The van der Waals surface area contributed by atoms with Crippen molar-refractivity contribution in [1.82, 2.24) is 9.97 Å². The molecule has 5 aromatic carbocycles. The summed E-state index contributed by atoms with van der Waals surface area (Å²) in [5.74, 6) is 1.83. The lowest BCUT2D eigenvalue weighted by molar-refractivity contribution is -0.115. The van der Waals surface area contributed by atoms with Gasteiger partial charge in [0.25, 0.3) is 0 Å². The fourth-order valence-corrected chi connectivity index (χ4v) is 4.85. The number of carbonyl (C=O) groups excluding carboxylic acids is 1. The van der Waals surface area contributed by atoms with Crippen molar-refractivity contribution < 1.29 is 14.3 Å². The summed E-state index contributed by atoms with van der Waals surface area (Å²) < 4.78 is 11.8. The van der Waals surface area contributed by atoms with Crippen molar-refractivity contribution in [3.8, 4) is 22.8 Å². The number of amides is 1. The van der Waals surface area contributed by atoms with E-state index < -0.39 is 0 Å². The van der Waals surface area contributed by atoms with Gasteiger partial charge in [-0.25, -0.2) is 9.97 Å². The quantitative estimate of drug-likeness (QED) is 0.156. The van der Waals surface area contributed by atoms with Crippen molar-refractivity contribution >= 4 is 11.7 Å². The van der Waals surface area contributed by atoms with Gasteiger partial charge < -0.3 is 14.8 Å². The number of hydrogen-bond donors (Lipinski definition) is 1. The van der Waals surface area contributed by atoms with Crippen molar-refractivity contribution in [3.05, 3.63) is 174 Å². The number of nitrogens with one attached hydrogen (secondary N) is 1. The highest BCUT2D eigenvalue weighted by Crippen LogP contribution is 2.25. The molecule has 0 aliphatic carbocycles. The van der Waals surface area contributed by atoms with E-state index in [0.29, 0.717) is 31.1 Å². The number of anilines is 1. The molecule has 1 aromatic heterocycles. The van der Waals surface area contributed by atoms with Gasteiger partial charge in [0.1, 0.15) is 24.7 Å². The number of benzene rings is 5. The molecule has 0 atom stereocenters. The van der Waals surface area contributed by atoms with Crippen molar-refractivity contribution in [2.24, 2.45) is 0 Å². The lowest BCUT2D eigenvalue weighted by Gasteiger charge is -2.13. The van der Waals surface area contributed by atoms with Gasteiger partial charge >= 0.3 is 0 Å². The summed E-state index contributed by atoms with van der Waals surface area (Å²) in [6.45, 7) is 0.994. The Hall–Kier alpha value is -5.75. The zero-order valence-electron chi connectivity index (χ0n) is 24.8. The van der Waals surface area contributed by atoms with Crippen LogP contribution in [0.15, 0.2) is 146 Å². The molecule has 45 heavy (non-hydrogen) atoms. The SMILES string of the molecule is O=C(Cc1ccc(OCc2ccccc2)cc1)Nc1ncc(-c2ccc(OCc3ccccc3)cc2)nc1Cc1ccccc1. The van der Waals surface area contributed by atoms with Crippen LogP contribution in [0.1, 0.15) is 27.9 Å². The van der Waals surface area contributed by atoms with E-state index in [2.05, 4.69) is 10.3 Å². The largest absolute Gasteiger partial charge is 0.489 e. The van der Waals surface area contributed by atoms with E-state index in [9.17, 15) is 4.79 Å². The Morgan fingerprint density at radius 1 is 0.578 bits per heavy atom. The Morgan fingerprint density at radius 3 is 1.64 bits per heavy atom. The Morgan fingerprint density at radius 2 is 1.09 bits per heavy atom. The van der Waals surface area contributed by atoms with Crippen molar-refractivity contribution in [1.29, 1.82) is 0 Å². The van der Waals surface area contributed by atoms with Gasteiger partial charge in [0, 0.05) is 12.0 Å². The first kappa shape index (κ1) is 29.3. The Bertz CT molecular complexity index is 1810. The van der Waals surface area contributed by atoms with Crippen LogP contribution >= 0.6 is 0 Å². The molecular formula is C39H33N3O3. The topological polar surface area (TPSA) is 73.3 Å². The number of rotatable bonds is 12. The van der Waals surface area contributed by atoms with Gasteiger partial charge in [-0.1, -0.05) is 103 Å². The third kappa shape index (κ3) is 8.42. The first-order valence-corrected chi connectivity index (χ1v) is 14.9. The van der Waals surface area contributed by atoms with Crippen LogP contribution in [-0.4, -0.2) is 15.9 Å². The normalized spacial score (nSPS) is 10.7. The molecule has 1 amide bonds. The van der Waals surface area contributed by atoms with Gasteiger partial charge in [-0.15, -0.1) is 0 Å². The molecule has 0 saturated heterocycles. The molecule has 0 bridgehead atoms. The van der Waals surface area contributed by atoms with Crippen LogP contribution in [0.2, 0.25) is 0 Å². The Kier molecular flexibility index (Phi) is 9.53. The van der Waals surface area contributed by atoms with Crippen molar-refractivity contribution in [3.63, 3.8) is 0 Å². The minimum absolute atomic E-state index is 0.163. The smallest absolute Gasteiger partial charge is 0.229 e. The fraction of sp³-hybridized carbons (Fsp3) is 0.103. The second-order valence-electron chi connectivity index (χ2n) is 10.7. The standard InChI is InChI=1S/C39H33N3O3/c43-38(25-30-16-20-34(21-17-30)44-27-31-12-6-2-7-13-31)42-39-36(24-29-10-4-1-5-11-29)41-37(26-40-39)33-18-22-35(23-19-33)45-28-32-14-8-3-9-15-32/h1-23,26H,24-25,27-28H2,(H,40,42,43). The monoisotopic (exact) mass is 591 g/mol. The molecule has 0 aliphatic rings. The first-order chi connectivity index (χ1) is 22.2. The average Bonchev–Trinajstić information content (AvgIpc) is 3.09. The maximum atomic E-state index is 13.1. The van der Waals surface area contributed by atoms with Gasteiger partial charge in [0.05, 0.1) is 24.0 Å². The number of carbonyl (C=O) groups is 1. The molecule has 0 radical (unpaired) electrons. The minimum Gasteiger partial charge on any atom is -0.489 e. The second kappa shape index (κ2) is 14.6. The van der Waals surface area contributed by atoms with Crippen molar-refractivity contribution in [2.45, 2.75) is 26.1 Å². The number of nitrogens with zero attached hydrogens (tertiary/aromatic N) is 2. The molecule has 0 unspecified atom stereocenters. The highest BCUT2D eigenvalue weighted by molar-refractivity contribution is 5.92. The molecule has 0 fully saturated rings. The van der Waals surface area contributed by atoms with Crippen LogP contribution in [0, 0.1) is 0 Å². The van der Waals surface area contributed by atoms with E-state index >= 15 is 0 Å². The Labute approximate surface area is 263 Å². The van der Waals surface area contributed by atoms with E-state index in [1.165, 1.54) is 0 Å². The third-order valence-electron chi connectivity index (χ3n) is 7.25. The zero-order valence-corrected chi connectivity index (χ0v) is 24.8. The lowest BCUT2D eigenvalue weighted by Crippen LogP contribution is -2.17. The molecule has 0 saturated carbocycles. The third-order valence-corrected chi connectivity index (χ3v) is 7.25. The van der Waals surface area contributed by atoms with Crippen LogP contribution in [0.3, 0.4) is 0 Å². The predicted molar refractivity (Wildman–Crippen MR) is 177 cm³/mol. The molecular weight excluding hydrogens is 558 g/mol. The van der Waals surface area contributed by atoms with Gasteiger partial charge in [0.2, 0.25) is 5.91 Å². The van der Waals surface area contributed by atoms with E-state index in [0.717, 1.165) is 45.0 Å². The summed E-state index contributed by atoms with van der Waals surface area (Å²) >= 11 is 0. The summed E-state index contributed by atoms with van der Waals surface area (Å²) in [7, 11) is 0. The molecule has 6 nitrogen and oxygen atoms in total. The van der Waals surface area contributed by atoms with E-state index in [1.54, 1.807) is 6.20 Å². The number of ether oxygens (including phenoxy) is 2. The maximum absolute atomic E-state index is 13.1. The first-order valence-electron chi connectivity index (χ1n) is 14.9. The van der Waals surface area contributed by atoms with Gasteiger partial charge in [-0.2, -0.15) is 0 Å². The molecule has 0 spiro atoms. The second-order valence-corrected chi connectivity index (χ2v) is 10.7. The minimum atomic E-state index is -0.163. The molecule has 6 rings (SSSR count). The van der Waals surface area contributed by atoms with E-state index in [4.69, 9.17) is 14.5 Å². The van der Waals surface area contributed by atoms with Gasteiger partial charge in [-0.3, -0.25) is 4.79 Å². The molecule has 0 aliphatic heterocycles. The summed E-state index contributed by atoms with van der Waals surface area (Å²) in [6, 6.07) is 45.5. The van der Waals surface area contributed by atoms with Crippen LogP contribution in [0.4, 0.5) is 5.82 Å². The fourth-order valence-electron chi connectivity index (χ4n) is 4.85. The van der Waals surface area contributed by atoms with Crippen LogP contribution in [0.5, 0.6) is 11.5 Å². The number of aromatic nitrogens is 2. The molecule has 1 N–H and O–H groups in total. The maximum Gasteiger partial charge on any atom is 0.229 e. The summed E-state index contributed by atoms with van der Waals surface area (Å²) in [4.78, 5) is 22.7. The summed E-state index contributed by atoms with van der Waals surface area (Å²) in [6.07, 6.45) is 2.43. The predicted octanol–water partition coefficient (Wildman–Crippen LogP) is 8.07. The van der Waals surface area contributed by atoms with Gasteiger partial charge in [0.15, 0.2) is 5.82 Å². The van der Waals surface area contributed by atoms with Crippen LogP contribution in [-0.2, 0) is 30.8 Å². The van der Waals surface area contributed by atoms with Gasteiger partial charge in [-0.05, 0) is 58.7 Å². The highest BCUT2D eigenvalue weighted by atomic mass is 16.5. The summed E-state index contributed by atoms with van der Waals surface area (Å²) in [5, 5.41) is 3.00. The number of hydrogen-bond acceptors (Lipinski definition) is 5. The molecule has 222 valence electrons. The van der Waals surface area contributed by atoms with Crippen LogP contribution < -0.4 is 14.8 Å². The van der Waals surface area contributed by atoms with Crippen LogP contribution in [0.25, 0.3) is 11.3 Å². The molecule has 6 aromatic rings. The van der Waals surface area contributed by atoms with E-state index in [1.807, 2.05) is 140 Å². The summed E-state index contributed by atoms with van der Waals surface area (Å²) in [5.41, 5.74) is 6.50. The average molecular weight is 592 g/mol. The van der Waals surface area contributed by atoms with E-state index in [-0.39, 0.29) is 12.3 Å². The van der Waals surface area contributed by atoms with Crippen molar-refractivity contribution in [2.75, 3.05) is 5.32 Å². The highest BCUT2D eigenvalue weighted by Gasteiger charge is 2.14. The zero-order chi connectivity index (χ0) is 30.7. The Balaban J connectivity index is 1.12. The lowest BCUT2D eigenvalue weighted by atomic mass is 10.1.